The Morgan fingerprint density at radius 3 is 2.78 bits per heavy atom. The Kier molecular flexibility index (Phi) is 7.36. The molecule has 0 saturated heterocycles. The van der Waals surface area contributed by atoms with Gasteiger partial charge < -0.3 is 10.6 Å². The van der Waals surface area contributed by atoms with Crippen molar-refractivity contribution in [2.75, 3.05) is 37.0 Å². The fourth-order valence-electron chi connectivity index (χ4n) is 1.98. The van der Waals surface area contributed by atoms with E-state index in [9.17, 15) is 13.2 Å². The Morgan fingerprint density at radius 1 is 1.37 bits per heavy atom. The van der Waals surface area contributed by atoms with E-state index in [1.807, 2.05) is 0 Å². The van der Waals surface area contributed by atoms with Gasteiger partial charge in [0, 0.05) is 26.3 Å². The molecule has 2 rings (SSSR count). The van der Waals surface area contributed by atoms with Crippen molar-refractivity contribution < 1.29 is 13.2 Å². The minimum atomic E-state index is -3.58. The molecule has 0 aliphatic carbocycles. The van der Waals surface area contributed by atoms with Crippen LogP contribution in [0.4, 0.5) is 10.8 Å². The molecule has 27 heavy (non-hydrogen) atoms. The monoisotopic (exact) mass is 427 g/mol. The van der Waals surface area contributed by atoms with E-state index in [0.29, 0.717) is 27.3 Å². The van der Waals surface area contributed by atoms with Crippen LogP contribution in [0.1, 0.15) is 5.56 Å². The predicted molar refractivity (Wildman–Crippen MR) is 110 cm³/mol. The number of nitrogens with zero attached hydrogens (tertiary/aromatic N) is 3. The minimum Gasteiger partial charge on any atom is -0.357 e. The molecule has 8 nitrogen and oxygen atoms in total. The second kappa shape index (κ2) is 9.31. The number of amides is 1. The number of hydrogen-bond acceptors (Lipinski definition) is 8. The summed E-state index contributed by atoms with van der Waals surface area (Å²) in [6.45, 7) is 5.92. The highest BCUT2D eigenvalue weighted by Crippen LogP contribution is 2.26. The number of benzene rings is 1. The average molecular weight is 428 g/mol. The summed E-state index contributed by atoms with van der Waals surface area (Å²) in [4.78, 5) is 12.3. The van der Waals surface area contributed by atoms with Crippen molar-refractivity contribution in [1.82, 2.24) is 14.5 Å². The maximum Gasteiger partial charge on any atom is 0.242 e. The number of carbonyl (C=O) groups excluding carboxylic acids is 1. The SMILES string of the molecule is C=CCNc1nnc(SCC(=O)Nc2ccc(C)c(S(=O)(=O)N(C)C)c2)s1. The zero-order chi connectivity index (χ0) is 20.0. The lowest BCUT2D eigenvalue weighted by molar-refractivity contribution is -0.113. The van der Waals surface area contributed by atoms with E-state index < -0.39 is 10.0 Å². The molecule has 0 atom stereocenters. The number of nitrogens with one attached hydrogen (secondary N) is 2. The van der Waals surface area contributed by atoms with Gasteiger partial charge in [-0.15, -0.1) is 16.8 Å². The maximum atomic E-state index is 12.4. The zero-order valence-electron chi connectivity index (χ0n) is 15.2. The first-order chi connectivity index (χ1) is 12.7. The summed E-state index contributed by atoms with van der Waals surface area (Å²) in [6.07, 6.45) is 1.72. The predicted octanol–water partition coefficient (Wildman–Crippen LogP) is 2.43. The fraction of sp³-hybridized carbons (Fsp3) is 0.312. The third kappa shape index (κ3) is 5.76. The summed E-state index contributed by atoms with van der Waals surface area (Å²) in [5.41, 5.74) is 1.04. The van der Waals surface area contributed by atoms with Crippen LogP contribution in [0, 0.1) is 6.92 Å². The van der Waals surface area contributed by atoms with Crippen LogP contribution in [0.15, 0.2) is 40.1 Å². The molecule has 0 unspecified atom stereocenters. The van der Waals surface area contributed by atoms with Gasteiger partial charge in [0.05, 0.1) is 10.6 Å². The number of thioether (sulfide) groups is 1. The summed E-state index contributed by atoms with van der Waals surface area (Å²) in [5, 5.41) is 14.4. The first kappa shape index (κ1) is 21.4. The molecule has 0 spiro atoms. The van der Waals surface area contributed by atoms with Crippen LogP contribution >= 0.6 is 23.1 Å². The topological polar surface area (TPSA) is 104 Å². The Balaban J connectivity index is 2.00. The fourth-order valence-corrected chi connectivity index (χ4v) is 4.68. The molecule has 0 bridgehead atoms. The lowest BCUT2D eigenvalue weighted by Gasteiger charge is -2.15. The number of anilines is 2. The lowest BCUT2D eigenvalue weighted by Crippen LogP contribution is -2.23. The van der Waals surface area contributed by atoms with Crippen molar-refractivity contribution in [3.05, 3.63) is 36.4 Å². The molecular weight excluding hydrogens is 406 g/mol. The van der Waals surface area contributed by atoms with Gasteiger partial charge in [0.25, 0.3) is 0 Å². The Hall–Kier alpha value is -1.95. The molecule has 1 amide bonds. The van der Waals surface area contributed by atoms with E-state index in [4.69, 9.17) is 0 Å². The molecule has 2 aromatic rings. The number of carbonyl (C=O) groups is 1. The van der Waals surface area contributed by atoms with E-state index in [1.165, 1.54) is 43.3 Å². The highest BCUT2D eigenvalue weighted by molar-refractivity contribution is 8.01. The second-order valence-electron chi connectivity index (χ2n) is 5.65. The summed E-state index contributed by atoms with van der Waals surface area (Å²) in [5.74, 6) is -0.118. The molecule has 1 aromatic heterocycles. The standard InChI is InChI=1S/C16H21N5O3S3/c1-5-8-17-15-19-20-16(26-15)25-10-14(22)18-12-7-6-11(2)13(9-12)27(23,24)21(3)4/h5-7,9H,1,8,10H2,2-4H3,(H,17,19)(H,18,22). The summed E-state index contributed by atoms with van der Waals surface area (Å²) >= 11 is 2.61. The molecule has 1 aromatic carbocycles. The van der Waals surface area contributed by atoms with Gasteiger partial charge in [0.2, 0.25) is 21.1 Å². The van der Waals surface area contributed by atoms with Crippen LogP contribution in [0.5, 0.6) is 0 Å². The molecule has 0 saturated carbocycles. The third-order valence-corrected chi connectivity index (χ3v) is 7.33. The van der Waals surface area contributed by atoms with Crippen molar-refractivity contribution >= 4 is 49.8 Å². The van der Waals surface area contributed by atoms with Crippen LogP contribution < -0.4 is 10.6 Å². The van der Waals surface area contributed by atoms with E-state index >= 15 is 0 Å². The summed E-state index contributed by atoms with van der Waals surface area (Å²) < 4.78 is 26.5. The van der Waals surface area contributed by atoms with E-state index in [1.54, 1.807) is 25.1 Å². The van der Waals surface area contributed by atoms with E-state index in [2.05, 4.69) is 27.4 Å². The lowest BCUT2D eigenvalue weighted by atomic mass is 10.2. The minimum absolute atomic E-state index is 0.139. The Labute approximate surface area is 167 Å². The van der Waals surface area contributed by atoms with Crippen LogP contribution in [-0.2, 0) is 14.8 Å². The quantitative estimate of drug-likeness (QED) is 0.468. The van der Waals surface area contributed by atoms with Crippen LogP contribution in [0.25, 0.3) is 0 Å². The number of rotatable bonds is 9. The van der Waals surface area contributed by atoms with Crippen LogP contribution in [0.2, 0.25) is 0 Å². The molecular formula is C16H21N5O3S3. The van der Waals surface area contributed by atoms with Crippen molar-refractivity contribution in [1.29, 1.82) is 0 Å². The van der Waals surface area contributed by atoms with Gasteiger partial charge in [-0.1, -0.05) is 35.2 Å². The summed E-state index contributed by atoms with van der Waals surface area (Å²) in [6, 6.07) is 4.81. The highest BCUT2D eigenvalue weighted by Gasteiger charge is 2.20. The van der Waals surface area contributed by atoms with Gasteiger partial charge >= 0.3 is 0 Å². The van der Waals surface area contributed by atoms with E-state index in [-0.39, 0.29) is 16.6 Å². The molecule has 2 N–H and O–H groups in total. The molecule has 0 aliphatic rings. The Bertz CT molecular complexity index is 925. The van der Waals surface area contributed by atoms with Crippen molar-refractivity contribution in [3.63, 3.8) is 0 Å². The number of sulfonamides is 1. The highest BCUT2D eigenvalue weighted by atomic mass is 32.2. The van der Waals surface area contributed by atoms with Crippen LogP contribution in [0.3, 0.4) is 0 Å². The number of aromatic nitrogens is 2. The second-order valence-corrected chi connectivity index (χ2v) is 9.97. The third-order valence-electron chi connectivity index (χ3n) is 3.36. The zero-order valence-corrected chi connectivity index (χ0v) is 17.7. The molecule has 0 aliphatic heterocycles. The first-order valence-corrected chi connectivity index (χ1v) is 11.1. The van der Waals surface area contributed by atoms with Gasteiger partial charge in [0.1, 0.15) is 0 Å². The molecule has 0 radical (unpaired) electrons. The van der Waals surface area contributed by atoms with Gasteiger partial charge in [-0.3, -0.25) is 4.79 Å². The molecule has 1 heterocycles. The van der Waals surface area contributed by atoms with E-state index in [0.717, 1.165) is 4.31 Å². The normalized spacial score (nSPS) is 11.4. The molecule has 0 fully saturated rings. The largest absolute Gasteiger partial charge is 0.357 e. The van der Waals surface area contributed by atoms with Crippen molar-refractivity contribution in [2.24, 2.45) is 0 Å². The first-order valence-electron chi connectivity index (χ1n) is 7.88. The molecule has 11 heteroatoms. The molecule has 146 valence electrons. The van der Waals surface area contributed by atoms with Crippen molar-refractivity contribution in [3.8, 4) is 0 Å². The summed E-state index contributed by atoms with van der Waals surface area (Å²) in [7, 11) is -0.642. The smallest absolute Gasteiger partial charge is 0.242 e. The number of aryl methyl sites for hydroxylation is 1. The Morgan fingerprint density at radius 2 is 2.11 bits per heavy atom. The van der Waals surface area contributed by atoms with Gasteiger partial charge in [-0.25, -0.2) is 12.7 Å². The maximum absolute atomic E-state index is 12.4. The number of hydrogen-bond donors (Lipinski definition) is 2. The van der Waals surface area contributed by atoms with Gasteiger partial charge in [-0.2, -0.15) is 0 Å². The average Bonchev–Trinajstić information content (AvgIpc) is 3.07. The van der Waals surface area contributed by atoms with Crippen molar-refractivity contribution in [2.45, 2.75) is 16.2 Å². The van der Waals surface area contributed by atoms with Gasteiger partial charge in [-0.05, 0) is 24.6 Å². The van der Waals surface area contributed by atoms with Crippen LogP contribution in [-0.4, -0.2) is 55.2 Å². The van der Waals surface area contributed by atoms with Gasteiger partial charge in [0.15, 0.2) is 4.34 Å².